The molecular formula is C13H24N2O3. The molecule has 0 aromatic carbocycles. The molecule has 2 N–H and O–H groups in total. The lowest BCUT2D eigenvalue weighted by molar-refractivity contribution is -0.141. The minimum atomic E-state index is -0.882. The van der Waals surface area contributed by atoms with Gasteiger partial charge >= 0.3 is 12.0 Å². The number of carboxylic acids is 1. The predicted molar refractivity (Wildman–Crippen MR) is 69.4 cm³/mol. The van der Waals surface area contributed by atoms with Gasteiger partial charge in [0.25, 0.3) is 0 Å². The van der Waals surface area contributed by atoms with Crippen LogP contribution in [0, 0.1) is 11.8 Å². The van der Waals surface area contributed by atoms with Crippen LogP contribution in [0.5, 0.6) is 0 Å². The summed E-state index contributed by atoms with van der Waals surface area (Å²) >= 11 is 0. The van der Waals surface area contributed by atoms with Gasteiger partial charge in [0.05, 0.1) is 5.92 Å². The number of carbonyl (C=O) groups is 2. The van der Waals surface area contributed by atoms with Gasteiger partial charge in [-0.05, 0) is 32.6 Å². The van der Waals surface area contributed by atoms with E-state index < -0.39 is 11.9 Å². The number of aliphatic carboxylic acids is 1. The van der Waals surface area contributed by atoms with Gasteiger partial charge in [-0.1, -0.05) is 13.3 Å². The third-order valence-electron chi connectivity index (χ3n) is 3.87. The number of rotatable bonds is 4. The van der Waals surface area contributed by atoms with E-state index in [1.54, 1.807) is 13.8 Å². The minimum absolute atomic E-state index is 0.131. The fourth-order valence-corrected chi connectivity index (χ4v) is 2.21. The van der Waals surface area contributed by atoms with E-state index >= 15 is 0 Å². The second-order valence-corrected chi connectivity index (χ2v) is 5.23. The first-order valence-corrected chi connectivity index (χ1v) is 6.74. The van der Waals surface area contributed by atoms with Crippen LogP contribution in [0.1, 0.15) is 40.0 Å². The highest BCUT2D eigenvalue weighted by atomic mass is 16.4. The topological polar surface area (TPSA) is 69.6 Å². The van der Waals surface area contributed by atoms with Crippen molar-refractivity contribution in [2.45, 2.75) is 46.1 Å². The Hall–Kier alpha value is -1.26. The monoisotopic (exact) mass is 256 g/mol. The Balaban J connectivity index is 2.47. The number of hydrogen-bond acceptors (Lipinski definition) is 2. The number of nitrogens with zero attached hydrogens (tertiary/aromatic N) is 1. The van der Waals surface area contributed by atoms with E-state index in [9.17, 15) is 9.59 Å². The number of likely N-dealkylation sites (tertiary alicyclic amines) is 1. The van der Waals surface area contributed by atoms with Crippen LogP contribution in [0.2, 0.25) is 0 Å². The van der Waals surface area contributed by atoms with Crippen LogP contribution < -0.4 is 5.32 Å². The number of amides is 2. The normalized spacial score (nSPS) is 23.3. The molecule has 3 atom stereocenters. The molecule has 3 unspecified atom stereocenters. The van der Waals surface area contributed by atoms with Crippen molar-refractivity contribution in [3.8, 4) is 0 Å². The number of hydrogen-bond donors (Lipinski definition) is 2. The van der Waals surface area contributed by atoms with Crippen molar-refractivity contribution in [1.29, 1.82) is 0 Å². The van der Waals surface area contributed by atoms with E-state index in [1.807, 2.05) is 4.90 Å². The smallest absolute Gasteiger partial charge is 0.317 e. The fourth-order valence-electron chi connectivity index (χ4n) is 2.21. The first-order valence-electron chi connectivity index (χ1n) is 6.74. The molecule has 1 heterocycles. The number of piperidine rings is 1. The first kappa shape index (κ1) is 14.8. The predicted octanol–water partition coefficient (Wildman–Crippen LogP) is 1.93. The van der Waals surface area contributed by atoms with Gasteiger partial charge < -0.3 is 15.3 Å². The highest BCUT2D eigenvalue weighted by Gasteiger charge is 2.26. The Morgan fingerprint density at radius 3 is 2.67 bits per heavy atom. The van der Waals surface area contributed by atoms with Crippen LogP contribution in [0.15, 0.2) is 0 Å². The summed E-state index contributed by atoms with van der Waals surface area (Å²) < 4.78 is 0. The van der Waals surface area contributed by atoms with Crippen molar-refractivity contribution in [2.75, 3.05) is 13.1 Å². The molecule has 0 spiro atoms. The van der Waals surface area contributed by atoms with Crippen LogP contribution in [-0.4, -0.2) is 41.1 Å². The molecule has 1 rings (SSSR count). The Labute approximate surface area is 109 Å². The number of carboxylic acid groups (broad SMARTS) is 1. The molecule has 104 valence electrons. The van der Waals surface area contributed by atoms with Crippen LogP contribution in [-0.2, 0) is 4.79 Å². The van der Waals surface area contributed by atoms with Gasteiger partial charge in [-0.2, -0.15) is 0 Å². The molecule has 0 bridgehead atoms. The highest BCUT2D eigenvalue weighted by molar-refractivity contribution is 5.76. The van der Waals surface area contributed by atoms with Crippen LogP contribution in [0.3, 0.4) is 0 Å². The molecule has 0 radical (unpaired) electrons. The van der Waals surface area contributed by atoms with E-state index in [4.69, 9.17) is 5.11 Å². The van der Waals surface area contributed by atoms with Crippen molar-refractivity contribution in [1.82, 2.24) is 10.2 Å². The maximum atomic E-state index is 12.0. The summed E-state index contributed by atoms with van der Waals surface area (Å²) in [6.07, 6.45) is 3.31. The van der Waals surface area contributed by atoms with Crippen LogP contribution in [0.25, 0.3) is 0 Å². The zero-order chi connectivity index (χ0) is 13.7. The fraction of sp³-hybridized carbons (Fsp3) is 0.846. The lowest BCUT2D eigenvalue weighted by Crippen LogP contribution is -2.50. The molecule has 1 aliphatic rings. The van der Waals surface area contributed by atoms with Crippen molar-refractivity contribution in [3.63, 3.8) is 0 Å². The average Bonchev–Trinajstić information content (AvgIpc) is 2.37. The summed E-state index contributed by atoms with van der Waals surface area (Å²) in [5.74, 6) is -0.870. The largest absolute Gasteiger partial charge is 0.481 e. The van der Waals surface area contributed by atoms with Gasteiger partial charge in [0.15, 0.2) is 0 Å². The van der Waals surface area contributed by atoms with Gasteiger partial charge in [0.2, 0.25) is 0 Å². The molecule has 1 saturated heterocycles. The highest BCUT2D eigenvalue weighted by Crippen LogP contribution is 2.19. The van der Waals surface area contributed by atoms with E-state index in [-0.39, 0.29) is 12.1 Å². The second kappa shape index (κ2) is 6.61. The quantitative estimate of drug-likeness (QED) is 0.807. The van der Waals surface area contributed by atoms with Crippen molar-refractivity contribution in [2.24, 2.45) is 11.8 Å². The van der Waals surface area contributed by atoms with Gasteiger partial charge in [0, 0.05) is 19.1 Å². The molecule has 2 amide bonds. The molecule has 1 aliphatic heterocycles. The molecule has 18 heavy (non-hydrogen) atoms. The summed E-state index contributed by atoms with van der Waals surface area (Å²) in [7, 11) is 0. The standard InChI is InChI=1S/C13H24N2O3/c1-4-11-6-5-7-15(8-11)13(18)14-10(3)9(2)12(16)17/h9-11H,4-8H2,1-3H3,(H,14,18)(H,16,17). The lowest BCUT2D eigenvalue weighted by Gasteiger charge is -2.33. The van der Waals surface area contributed by atoms with Gasteiger partial charge in [-0.25, -0.2) is 4.79 Å². The first-order chi connectivity index (χ1) is 8.45. The Morgan fingerprint density at radius 1 is 1.44 bits per heavy atom. The lowest BCUT2D eigenvalue weighted by atomic mass is 9.96. The second-order valence-electron chi connectivity index (χ2n) is 5.23. The molecular weight excluding hydrogens is 232 g/mol. The summed E-state index contributed by atoms with van der Waals surface area (Å²) in [6, 6.07) is -0.481. The van der Waals surface area contributed by atoms with Crippen molar-refractivity contribution in [3.05, 3.63) is 0 Å². The average molecular weight is 256 g/mol. The molecule has 5 nitrogen and oxygen atoms in total. The summed E-state index contributed by atoms with van der Waals surface area (Å²) in [5, 5.41) is 11.7. The molecule has 0 saturated carbocycles. The zero-order valence-corrected chi connectivity index (χ0v) is 11.5. The van der Waals surface area contributed by atoms with E-state index in [2.05, 4.69) is 12.2 Å². The summed E-state index contributed by atoms with van der Waals surface area (Å²) in [4.78, 5) is 24.7. The minimum Gasteiger partial charge on any atom is -0.481 e. The summed E-state index contributed by atoms with van der Waals surface area (Å²) in [5.41, 5.74) is 0. The zero-order valence-electron chi connectivity index (χ0n) is 11.5. The number of carbonyl (C=O) groups excluding carboxylic acids is 1. The van der Waals surface area contributed by atoms with Crippen molar-refractivity contribution >= 4 is 12.0 Å². The Bertz CT molecular complexity index is 307. The third-order valence-corrected chi connectivity index (χ3v) is 3.87. The molecule has 0 aromatic heterocycles. The Kier molecular flexibility index (Phi) is 5.44. The van der Waals surface area contributed by atoms with Crippen LogP contribution >= 0.6 is 0 Å². The maximum absolute atomic E-state index is 12.0. The molecule has 5 heteroatoms. The molecule has 0 aromatic rings. The summed E-state index contributed by atoms with van der Waals surface area (Å²) in [6.45, 7) is 7.05. The van der Waals surface area contributed by atoms with E-state index in [1.165, 1.54) is 6.42 Å². The Morgan fingerprint density at radius 2 is 2.11 bits per heavy atom. The third kappa shape index (κ3) is 3.89. The number of nitrogens with one attached hydrogen (secondary N) is 1. The maximum Gasteiger partial charge on any atom is 0.317 e. The van der Waals surface area contributed by atoms with E-state index in [0.717, 1.165) is 25.9 Å². The molecule has 0 aliphatic carbocycles. The van der Waals surface area contributed by atoms with Gasteiger partial charge in [-0.3, -0.25) is 4.79 Å². The van der Waals surface area contributed by atoms with Gasteiger partial charge in [0.1, 0.15) is 0 Å². The van der Waals surface area contributed by atoms with Gasteiger partial charge in [-0.15, -0.1) is 0 Å². The SMILES string of the molecule is CCC1CCCN(C(=O)NC(C)C(C)C(=O)O)C1. The van der Waals surface area contributed by atoms with Crippen molar-refractivity contribution < 1.29 is 14.7 Å². The number of urea groups is 1. The molecule has 1 fully saturated rings. The van der Waals surface area contributed by atoms with Crippen LogP contribution in [0.4, 0.5) is 4.79 Å². The van der Waals surface area contributed by atoms with E-state index in [0.29, 0.717) is 5.92 Å².